The van der Waals surface area contributed by atoms with E-state index in [1.54, 1.807) is 86.4 Å². The Labute approximate surface area is 469 Å². The number of aliphatic hydroxyl groups is 2. The zero-order valence-electron chi connectivity index (χ0n) is 46.3. The van der Waals surface area contributed by atoms with Crippen molar-refractivity contribution >= 4 is 47.2 Å². The highest BCUT2D eigenvalue weighted by Gasteiger charge is 2.35. The van der Waals surface area contributed by atoms with Crippen LogP contribution >= 0.6 is 0 Å². The van der Waals surface area contributed by atoms with Crippen molar-refractivity contribution in [2.24, 2.45) is 14.1 Å². The number of ether oxygens (including phenoxy) is 2. The van der Waals surface area contributed by atoms with E-state index in [0.29, 0.717) is 72.0 Å². The van der Waals surface area contributed by atoms with Crippen molar-refractivity contribution in [1.82, 2.24) is 69.1 Å². The molecule has 6 aromatic heterocycles. The standard InChI is InChI=1S/2C28H31FN8O4/c2*1-16-13-30-28(33-24-5-6-31-35(24)3)34-25(16)19-11-23-27(40)37(8-7-36(23)14-19)17(2)26(39)32-22(15-38)18-9-20(29)12-21(10-18)41-4/h2*5-6,9-14,17,22,38H,7-8,15H2,1-4H3,(H,32,39)(H,30,33,34)/t17-,22+;17-,22-/m01/s1. The number of methoxy groups -OCH3 is 2. The number of benzene rings is 2. The topological polar surface area (TPSA) is 279 Å². The van der Waals surface area contributed by atoms with Gasteiger partial charge in [-0.2, -0.15) is 10.2 Å². The third-order valence-electron chi connectivity index (χ3n) is 14.3. The van der Waals surface area contributed by atoms with Gasteiger partial charge in [-0.25, -0.2) is 28.7 Å². The van der Waals surface area contributed by atoms with E-state index >= 15 is 0 Å². The molecule has 0 spiro atoms. The molecule has 0 fully saturated rings. The molecule has 0 saturated heterocycles. The lowest BCUT2D eigenvalue weighted by Crippen LogP contribution is -2.52. The number of fused-ring (bicyclic) bond motifs is 2. The smallest absolute Gasteiger partial charge is 0.271 e. The fraction of sp³-hybridized carbons (Fsp3) is 0.321. The van der Waals surface area contributed by atoms with Crippen LogP contribution in [0.5, 0.6) is 11.5 Å². The number of carbonyl (C=O) groups excluding carboxylic acids is 4. The summed E-state index contributed by atoms with van der Waals surface area (Å²) in [6.45, 7) is 7.70. The van der Waals surface area contributed by atoms with Gasteiger partial charge in [0.1, 0.15) is 58.2 Å². The number of amides is 4. The van der Waals surface area contributed by atoms with Crippen molar-refractivity contribution in [2.75, 3.05) is 51.2 Å². The molecule has 26 heteroatoms. The lowest BCUT2D eigenvalue weighted by atomic mass is 10.1. The van der Waals surface area contributed by atoms with Gasteiger partial charge in [-0.1, -0.05) is 0 Å². The Kier molecular flexibility index (Phi) is 17.0. The van der Waals surface area contributed by atoms with Crippen LogP contribution in [0.1, 0.15) is 69.2 Å². The first-order valence-corrected chi connectivity index (χ1v) is 26.1. The first-order chi connectivity index (χ1) is 39.4. The maximum atomic E-state index is 14.0. The summed E-state index contributed by atoms with van der Waals surface area (Å²) in [5.74, 6) is 0.112. The van der Waals surface area contributed by atoms with Gasteiger partial charge in [0.25, 0.3) is 11.8 Å². The Morgan fingerprint density at radius 1 is 0.622 bits per heavy atom. The lowest BCUT2D eigenvalue weighted by molar-refractivity contribution is -0.127. The zero-order chi connectivity index (χ0) is 58.5. The molecule has 8 heterocycles. The van der Waals surface area contributed by atoms with Gasteiger partial charge < -0.3 is 59.9 Å². The SMILES string of the molecule is COc1cc(F)cc([C@@H](CO)NC(=O)[C@@H](C)N2CCn3cc(-c4nc(Nc5ccnn5C)ncc4C)cc3C2=O)c1.COc1cc(F)cc([C@@H](CO)NC(=O)[C@H](C)N2CCn3cc(-c4nc(Nc5ccnn5C)ncc4C)cc3C2=O)c1. The van der Waals surface area contributed by atoms with E-state index in [-0.39, 0.29) is 23.3 Å². The van der Waals surface area contributed by atoms with Crippen LogP contribution in [0, 0.1) is 25.5 Å². The Balaban J connectivity index is 0.000000198. The van der Waals surface area contributed by atoms with Gasteiger partial charge in [-0.15, -0.1) is 0 Å². The number of aromatic nitrogens is 10. The summed E-state index contributed by atoms with van der Waals surface area (Å²) in [5.41, 5.74) is 6.09. The van der Waals surface area contributed by atoms with E-state index < -0.39 is 60.8 Å². The van der Waals surface area contributed by atoms with E-state index in [1.165, 1.54) is 48.3 Å². The predicted molar refractivity (Wildman–Crippen MR) is 296 cm³/mol. The Morgan fingerprint density at radius 2 is 1.02 bits per heavy atom. The third-order valence-corrected chi connectivity index (χ3v) is 14.3. The molecule has 428 valence electrons. The molecular weight excluding hydrogens is 1060 g/mol. The number of aryl methyl sites for hydroxylation is 4. The Morgan fingerprint density at radius 3 is 1.38 bits per heavy atom. The highest BCUT2D eigenvalue weighted by atomic mass is 19.1. The van der Waals surface area contributed by atoms with E-state index in [0.717, 1.165) is 33.9 Å². The molecule has 4 amide bonds. The minimum Gasteiger partial charge on any atom is -0.497 e. The number of hydrogen-bond acceptors (Lipinski definition) is 16. The van der Waals surface area contributed by atoms with Crippen molar-refractivity contribution < 1.29 is 47.6 Å². The van der Waals surface area contributed by atoms with Gasteiger partial charge >= 0.3 is 0 Å². The van der Waals surface area contributed by atoms with Gasteiger partial charge in [0.2, 0.25) is 23.7 Å². The number of nitrogens with zero attached hydrogens (tertiary/aromatic N) is 12. The molecule has 2 aliphatic rings. The van der Waals surface area contributed by atoms with Crippen molar-refractivity contribution in [3.8, 4) is 34.0 Å². The van der Waals surface area contributed by atoms with E-state index in [2.05, 4.69) is 51.4 Å². The summed E-state index contributed by atoms with van der Waals surface area (Å²) < 4.78 is 45.3. The van der Waals surface area contributed by atoms with Crippen LogP contribution in [-0.4, -0.2) is 145 Å². The number of hydrogen-bond donors (Lipinski definition) is 6. The molecule has 0 radical (unpaired) electrons. The number of halogens is 2. The molecule has 4 atom stereocenters. The quantitative estimate of drug-likeness (QED) is 0.0649. The second-order valence-corrected chi connectivity index (χ2v) is 19.7. The number of aliphatic hydroxyl groups excluding tert-OH is 2. The molecular formula is C56H62F2N16O8. The van der Waals surface area contributed by atoms with E-state index in [4.69, 9.17) is 9.47 Å². The maximum Gasteiger partial charge on any atom is 0.271 e. The molecule has 2 aromatic carbocycles. The van der Waals surface area contributed by atoms with Crippen LogP contribution in [0.15, 0.2) is 97.8 Å². The van der Waals surface area contributed by atoms with Crippen LogP contribution in [-0.2, 0) is 36.8 Å². The minimum atomic E-state index is -0.875. The van der Waals surface area contributed by atoms with E-state index in [9.17, 15) is 38.2 Å². The monoisotopic (exact) mass is 1120 g/mol. The maximum absolute atomic E-state index is 14.0. The second kappa shape index (κ2) is 24.4. The lowest BCUT2D eigenvalue weighted by Gasteiger charge is -2.33. The van der Waals surface area contributed by atoms with Crippen LogP contribution < -0.4 is 30.7 Å². The van der Waals surface area contributed by atoms with Gasteiger partial charge in [-0.3, -0.25) is 28.5 Å². The second-order valence-electron chi connectivity index (χ2n) is 19.7. The molecule has 0 saturated carbocycles. The van der Waals surface area contributed by atoms with Gasteiger partial charge in [0, 0.05) is 100 Å². The van der Waals surface area contributed by atoms with E-state index in [1.807, 2.05) is 47.5 Å². The van der Waals surface area contributed by atoms with Crippen molar-refractivity contribution in [3.63, 3.8) is 0 Å². The van der Waals surface area contributed by atoms with Crippen LogP contribution in [0.25, 0.3) is 22.5 Å². The fourth-order valence-electron chi connectivity index (χ4n) is 9.63. The van der Waals surface area contributed by atoms with Crippen LogP contribution in [0.4, 0.5) is 32.3 Å². The first-order valence-electron chi connectivity index (χ1n) is 26.1. The molecule has 0 aliphatic carbocycles. The van der Waals surface area contributed by atoms with Crippen LogP contribution in [0.2, 0.25) is 0 Å². The minimum absolute atomic E-state index is 0.266. The Hall–Kier alpha value is -9.56. The summed E-state index contributed by atoms with van der Waals surface area (Å²) >= 11 is 0. The number of anilines is 4. The summed E-state index contributed by atoms with van der Waals surface area (Å²) in [6, 6.07) is 11.7. The fourth-order valence-corrected chi connectivity index (χ4v) is 9.63. The largest absolute Gasteiger partial charge is 0.497 e. The highest BCUT2D eigenvalue weighted by molar-refractivity contribution is 5.99. The number of rotatable bonds is 18. The molecule has 10 rings (SSSR count). The molecule has 0 unspecified atom stereocenters. The average molecular weight is 1130 g/mol. The van der Waals surface area contributed by atoms with Gasteiger partial charge in [0.05, 0.1) is 63.3 Å². The number of carbonyl (C=O) groups is 4. The summed E-state index contributed by atoms with van der Waals surface area (Å²) in [7, 11) is 6.42. The van der Waals surface area contributed by atoms with Crippen molar-refractivity contribution in [2.45, 2.75) is 65.0 Å². The molecule has 6 N–H and O–H groups in total. The summed E-state index contributed by atoms with van der Waals surface area (Å²) in [5, 5.41) is 39.8. The van der Waals surface area contributed by atoms with Crippen molar-refractivity contribution in [3.05, 3.63) is 143 Å². The normalized spacial score (nSPS) is 14.4. The molecule has 8 aromatic rings. The predicted octanol–water partition coefficient (Wildman–Crippen LogP) is 5.14. The summed E-state index contributed by atoms with van der Waals surface area (Å²) in [4.78, 5) is 74.4. The third kappa shape index (κ3) is 12.3. The molecule has 0 bridgehead atoms. The first kappa shape index (κ1) is 57.1. The van der Waals surface area contributed by atoms with Gasteiger partial charge in [0.15, 0.2) is 0 Å². The van der Waals surface area contributed by atoms with Crippen LogP contribution in [0.3, 0.4) is 0 Å². The summed E-state index contributed by atoms with van der Waals surface area (Å²) in [6.07, 6.45) is 10.5. The Bertz CT molecular complexity index is 3430. The zero-order valence-corrected chi connectivity index (χ0v) is 46.3. The molecule has 2 aliphatic heterocycles. The van der Waals surface area contributed by atoms with Gasteiger partial charge in [-0.05, 0) is 86.3 Å². The van der Waals surface area contributed by atoms with Crippen molar-refractivity contribution in [1.29, 1.82) is 0 Å². The molecule has 82 heavy (non-hydrogen) atoms. The average Bonchev–Trinajstić information content (AvgIpc) is 4.09. The molecule has 24 nitrogen and oxygen atoms in total. The number of nitrogens with one attached hydrogen (secondary N) is 4. The highest BCUT2D eigenvalue weighted by Crippen LogP contribution is 2.31.